The van der Waals surface area contributed by atoms with Crippen LogP contribution in [0.4, 0.5) is 11.4 Å². The first kappa shape index (κ1) is 15.5. The number of carboxylic acid groups (broad SMARTS) is 1. The molecule has 1 aromatic carbocycles. The molecule has 1 N–H and O–H groups in total. The van der Waals surface area contributed by atoms with Crippen molar-refractivity contribution in [3.8, 4) is 11.5 Å². The van der Waals surface area contributed by atoms with Crippen LogP contribution in [0.2, 0.25) is 0 Å². The third-order valence-corrected chi connectivity index (χ3v) is 3.00. The number of hydrogen-bond acceptors (Lipinski definition) is 6. The van der Waals surface area contributed by atoms with Gasteiger partial charge in [-0.3, -0.25) is 10.1 Å². The number of carboxylic acids is 1. The Morgan fingerprint density at radius 3 is 2.25 bits per heavy atom. The van der Waals surface area contributed by atoms with Gasteiger partial charge in [0.05, 0.1) is 25.2 Å². The zero-order valence-electron chi connectivity index (χ0n) is 11.6. The fraction of sp³-hybridized carbons (Fsp3) is 0.417. The van der Waals surface area contributed by atoms with Gasteiger partial charge in [0.15, 0.2) is 11.5 Å². The van der Waals surface area contributed by atoms with Crippen molar-refractivity contribution in [2.45, 2.75) is 13.0 Å². The number of nitro benzene ring substituents is 1. The molecule has 0 spiro atoms. The number of hydrogen-bond donors (Lipinski definition) is 1. The van der Waals surface area contributed by atoms with Gasteiger partial charge in [0.2, 0.25) is 0 Å². The molecule has 0 saturated carbocycles. The van der Waals surface area contributed by atoms with Gasteiger partial charge in [-0.25, -0.2) is 4.79 Å². The summed E-state index contributed by atoms with van der Waals surface area (Å²) in [5.41, 5.74) is -0.110. The lowest BCUT2D eigenvalue weighted by Crippen LogP contribution is -2.36. The summed E-state index contributed by atoms with van der Waals surface area (Å²) in [6.07, 6.45) is 0. The molecule has 0 heterocycles. The standard InChI is InChI=1S/C12H16N2O6/c1-7(12(15)16)13(2)8-5-10(19-3)11(20-4)6-9(8)14(17)18/h5-7H,1-4H3,(H,15,16). The Morgan fingerprint density at radius 1 is 1.35 bits per heavy atom. The summed E-state index contributed by atoms with van der Waals surface area (Å²) < 4.78 is 10.1. The van der Waals surface area contributed by atoms with Crippen LogP contribution >= 0.6 is 0 Å². The lowest BCUT2D eigenvalue weighted by molar-refractivity contribution is -0.384. The third kappa shape index (κ3) is 2.90. The normalized spacial score (nSPS) is 11.6. The fourth-order valence-electron chi connectivity index (χ4n) is 1.66. The van der Waals surface area contributed by atoms with Crippen LogP contribution in [0.1, 0.15) is 6.92 Å². The summed E-state index contributed by atoms with van der Waals surface area (Å²) in [6, 6.07) is 1.67. The Labute approximate surface area is 115 Å². The summed E-state index contributed by atoms with van der Waals surface area (Å²) in [7, 11) is 4.23. The third-order valence-electron chi connectivity index (χ3n) is 3.00. The van der Waals surface area contributed by atoms with Gasteiger partial charge >= 0.3 is 5.97 Å². The lowest BCUT2D eigenvalue weighted by Gasteiger charge is -2.24. The van der Waals surface area contributed by atoms with Gasteiger partial charge in [-0.05, 0) is 6.92 Å². The number of aliphatic carboxylic acids is 1. The average molecular weight is 284 g/mol. The summed E-state index contributed by atoms with van der Waals surface area (Å²) in [5.74, 6) is -0.589. The topological polar surface area (TPSA) is 102 Å². The molecular formula is C12H16N2O6. The quantitative estimate of drug-likeness (QED) is 0.624. The number of benzene rings is 1. The molecule has 1 aromatic rings. The van der Waals surface area contributed by atoms with Gasteiger partial charge in [-0.2, -0.15) is 0 Å². The SMILES string of the molecule is COc1cc(N(C)C(C)C(=O)O)c([N+](=O)[O-])cc1OC. The number of rotatable bonds is 6. The van der Waals surface area contributed by atoms with Crippen LogP contribution in [0, 0.1) is 10.1 Å². The molecule has 0 bridgehead atoms. The highest BCUT2D eigenvalue weighted by atomic mass is 16.6. The molecule has 0 saturated heterocycles. The first-order valence-corrected chi connectivity index (χ1v) is 5.69. The second kappa shape index (κ2) is 6.09. The van der Waals surface area contributed by atoms with Gasteiger partial charge in [-0.1, -0.05) is 0 Å². The molecule has 0 amide bonds. The van der Waals surface area contributed by atoms with Crippen molar-refractivity contribution < 1.29 is 24.3 Å². The minimum Gasteiger partial charge on any atom is -0.493 e. The van der Waals surface area contributed by atoms with E-state index in [1.807, 2.05) is 0 Å². The number of anilines is 1. The van der Waals surface area contributed by atoms with E-state index in [2.05, 4.69) is 0 Å². The minimum atomic E-state index is -1.09. The number of likely N-dealkylation sites (N-methyl/N-ethyl adjacent to an activating group) is 1. The summed E-state index contributed by atoms with van der Waals surface area (Å²) in [6.45, 7) is 1.43. The van der Waals surface area contributed by atoms with Crippen LogP contribution in [-0.4, -0.2) is 43.3 Å². The first-order valence-electron chi connectivity index (χ1n) is 5.69. The number of nitrogens with zero attached hydrogens (tertiary/aromatic N) is 2. The Bertz CT molecular complexity index is 531. The smallest absolute Gasteiger partial charge is 0.326 e. The highest BCUT2D eigenvalue weighted by Crippen LogP contribution is 2.39. The van der Waals surface area contributed by atoms with Crippen molar-refractivity contribution in [3.05, 3.63) is 22.2 Å². The molecule has 1 atom stereocenters. The zero-order chi connectivity index (χ0) is 15.4. The van der Waals surface area contributed by atoms with Crippen LogP contribution < -0.4 is 14.4 Å². The van der Waals surface area contributed by atoms with Crippen molar-refractivity contribution in [1.82, 2.24) is 0 Å². The molecule has 0 fully saturated rings. The number of nitro groups is 1. The Balaban J connectivity index is 3.43. The lowest BCUT2D eigenvalue weighted by atomic mass is 10.2. The summed E-state index contributed by atoms with van der Waals surface area (Å²) >= 11 is 0. The maximum atomic E-state index is 11.1. The zero-order valence-corrected chi connectivity index (χ0v) is 11.6. The molecule has 1 rings (SSSR count). The highest BCUT2D eigenvalue weighted by Gasteiger charge is 2.27. The predicted octanol–water partition coefficient (Wildman–Crippen LogP) is 1.52. The highest BCUT2D eigenvalue weighted by molar-refractivity contribution is 5.80. The summed E-state index contributed by atoms with van der Waals surface area (Å²) in [5, 5.41) is 20.1. The van der Waals surface area contributed by atoms with Crippen LogP contribution in [0.3, 0.4) is 0 Å². The molecular weight excluding hydrogens is 268 g/mol. The van der Waals surface area contributed by atoms with Crippen LogP contribution in [-0.2, 0) is 4.79 Å². The summed E-state index contributed by atoms with van der Waals surface area (Å²) in [4.78, 5) is 22.8. The molecule has 0 aliphatic heterocycles. The van der Waals surface area contributed by atoms with E-state index in [-0.39, 0.29) is 22.9 Å². The maximum absolute atomic E-state index is 11.1. The largest absolute Gasteiger partial charge is 0.493 e. The van der Waals surface area contributed by atoms with E-state index >= 15 is 0 Å². The first-order chi connectivity index (χ1) is 9.33. The number of carbonyl (C=O) groups is 1. The van der Waals surface area contributed by atoms with Gasteiger partial charge in [-0.15, -0.1) is 0 Å². The van der Waals surface area contributed by atoms with Gasteiger partial charge in [0.1, 0.15) is 11.7 Å². The molecule has 8 nitrogen and oxygen atoms in total. The second-order valence-corrected chi connectivity index (χ2v) is 4.08. The monoisotopic (exact) mass is 284 g/mol. The molecule has 0 aliphatic carbocycles. The molecule has 0 radical (unpaired) electrons. The van der Waals surface area contributed by atoms with Crippen molar-refractivity contribution in [2.24, 2.45) is 0 Å². The average Bonchev–Trinajstić information content (AvgIpc) is 2.43. The fourth-order valence-corrected chi connectivity index (χ4v) is 1.66. The van der Waals surface area contributed by atoms with E-state index < -0.39 is 16.9 Å². The van der Waals surface area contributed by atoms with Crippen molar-refractivity contribution in [1.29, 1.82) is 0 Å². The van der Waals surface area contributed by atoms with E-state index in [9.17, 15) is 14.9 Å². The van der Waals surface area contributed by atoms with Crippen molar-refractivity contribution in [2.75, 3.05) is 26.2 Å². The van der Waals surface area contributed by atoms with E-state index in [0.29, 0.717) is 0 Å². The van der Waals surface area contributed by atoms with Crippen LogP contribution in [0.15, 0.2) is 12.1 Å². The van der Waals surface area contributed by atoms with Crippen LogP contribution in [0.5, 0.6) is 11.5 Å². The van der Waals surface area contributed by atoms with Gasteiger partial charge < -0.3 is 19.5 Å². The molecule has 110 valence electrons. The predicted molar refractivity (Wildman–Crippen MR) is 71.7 cm³/mol. The minimum absolute atomic E-state index is 0.141. The Morgan fingerprint density at radius 2 is 1.85 bits per heavy atom. The molecule has 8 heteroatoms. The number of methoxy groups -OCH3 is 2. The van der Waals surface area contributed by atoms with E-state index in [1.165, 1.54) is 45.2 Å². The molecule has 1 unspecified atom stereocenters. The van der Waals surface area contributed by atoms with E-state index in [4.69, 9.17) is 14.6 Å². The van der Waals surface area contributed by atoms with E-state index in [1.54, 1.807) is 0 Å². The number of ether oxygens (including phenoxy) is 2. The molecule has 0 aromatic heterocycles. The van der Waals surface area contributed by atoms with E-state index in [0.717, 1.165) is 0 Å². The Kier molecular flexibility index (Phi) is 4.73. The van der Waals surface area contributed by atoms with Crippen molar-refractivity contribution >= 4 is 17.3 Å². The molecule has 20 heavy (non-hydrogen) atoms. The van der Waals surface area contributed by atoms with Crippen molar-refractivity contribution in [3.63, 3.8) is 0 Å². The Hall–Kier alpha value is -2.51. The van der Waals surface area contributed by atoms with Crippen LogP contribution in [0.25, 0.3) is 0 Å². The second-order valence-electron chi connectivity index (χ2n) is 4.08. The maximum Gasteiger partial charge on any atom is 0.326 e. The molecule has 0 aliphatic rings. The van der Waals surface area contributed by atoms with Gasteiger partial charge in [0, 0.05) is 13.1 Å². The van der Waals surface area contributed by atoms with Gasteiger partial charge in [0.25, 0.3) is 5.69 Å².